The third-order valence-electron chi connectivity index (χ3n) is 11.5. The Bertz CT molecular complexity index is 1110. The molecule has 3 N–H and O–H groups in total. The Balaban J connectivity index is 3.91. The predicted octanol–water partition coefficient (Wildman–Crippen LogP) is 16.7. The number of carbonyl (C=O) groups is 1. The second-order valence-corrected chi connectivity index (χ2v) is 19.2. The van der Waals surface area contributed by atoms with Crippen LogP contribution in [0.25, 0.3) is 0 Å². The number of allylic oxidation sites excluding steroid dienone is 8. The molecule has 0 saturated heterocycles. The molecule has 0 aromatic rings. The van der Waals surface area contributed by atoms with Crippen LogP contribution in [0.2, 0.25) is 0 Å². The van der Waals surface area contributed by atoms with Crippen LogP contribution in [0.4, 0.5) is 0 Å². The van der Waals surface area contributed by atoms with Crippen LogP contribution in [0.1, 0.15) is 251 Å². The maximum atomic E-state index is 12.7. The normalized spacial score (nSPS) is 13.7. The van der Waals surface area contributed by atoms with Gasteiger partial charge in [0.05, 0.1) is 19.8 Å². The van der Waals surface area contributed by atoms with Crippen LogP contribution in [0.15, 0.2) is 48.6 Å². The van der Waals surface area contributed by atoms with Gasteiger partial charge in [0, 0.05) is 19.6 Å². The lowest BCUT2D eigenvalue weighted by atomic mass is 10.0. The molecule has 0 aliphatic carbocycles. The fourth-order valence-electron chi connectivity index (χ4n) is 7.64. The lowest BCUT2D eigenvalue weighted by Crippen LogP contribution is -2.28. The minimum absolute atomic E-state index is 0.0958. The van der Waals surface area contributed by atoms with Crippen molar-refractivity contribution in [3.8, 4) is 0 Å². The third kappa shape index (κ3) is 51.3. The topological polar surface area (TPSA) is 117 Å². The molecule has 0 rings (SSSR count). The number of phosphoric acid groups is 1. The van der Waals surface area contributed by atoms with E-state index in [1.165, 1.54) is 173 Å². The van der Waals surface area contributed by atoms with Gasteiger partial charge in [0.1, 0.15) is 6.10 Å². The van der Waals surface area contributed by atoms with Gasteiger partial charge in [0.2, 0.25) is 0 Å². The molecule has 0 spiro atoms. The van der Waals surface area contributed by atoms with Crippen LogP contribution < -0.4 is 5.73 Å². The zero-order chi connectivity index (χ0) is 45.8. The van der Waals surface area contributed by atoms with E-state index in [9.17, 15) is 14.3 Å². The summed E-state index contributed by atoms with van der Waals surface area (Å²) in [5, 5.41) is 0. The molecule has 370 valence electrons. The Morgan fingerprint density at radius 2 is 0.889 bits per heavy atom. The average molecular weight is 908 g/mol. The lowest BCUT2D eigenvalue weighted by Gasteiger charge is -2.20. The maximum absolute atomic E-state index is 12.7. The number of rotatable bonds is 51. The summed E-state index contributed by atoms with van der Waals surface area (Å²) in [6, 6.07) is 0. The van der Waals surface area contributed by atoms with E-state index in [1.54, 1.807) is 0 Å². The summed E-state index contributed by atoms with van der Waals surface area (Å²) in [7, 11) is -4.28. The SMILES string of the molecule is CC/C=C\C/C=C\C/C=C\C/C=C\CCCCCCCCCCCCC(=O)OC(COCCCCCCCCCCCCCCCCCCCCCCC)COP(=O)(O)OCCN. The Kier molecular flexibility index (Phi) is 50.2. The first-order chi connectivity index (χ1) is 30.9. The first-order valence-corrected chi connectivity index (χ1v) is 28.1. The largest absolute Gasteiger partial charge is 0.472 e. The van der Waals surface area contributed by atoms with Crippen LogP contribution >= 0.6 is 7.82 Å². The van der Waals surface area contributed by atoms with E-state index in [4.69, 9.17) is 24.3 Å². The van der Waals surface area contributed by atoms with Gasteiger partial charge >= 0.3 is 13.8 Å². The standard InChI is InChI=1S/C54H102NO7P/c1-3-5-7-9-11-13-15-17-19-21-23-25-26-27-29-31-33-35-37-39-41-43-45-47-54(56)62-53(52-61-63(57,58)60-50-48-55)51-59-49-46-44-42-40-38-36-34-32-30-28-24-22-20-18-16-14-12-10-8-6-4-2/h5,7,11,13,17,19,23,25,53H,3-4,6,8-10,12,14-16,18,20-22,24,26-52,55H2,1-2H3,(H,57,58)/b7-5-,13-11-,19-17-,25-23-. The van der Waals surface area contributed by atoms with Gasteiger partial charge in [-0.05, 0) is 51.4 Å². The Labute approximate surface area is 390 Å². The molecule has 0 amide bonds. The Morgan fingerprint density at radius 3 is 1.33 bits per heavy atom. The van der Waals surface area contributed by atoms with Gasteiger partial charge in [-0.15, -0.1) is 0 Å². The van der Waals surface area contributed by atoms with Gasteiger partial charge in [-0.25, -0.2) is 4.57 Å². The van der Waals surface area contributed by atoms with Crippen molar-refractivity contribution in [2.45, 2.75) is 258 Å². The highest BCUT2D eigenvalue weighted by atomic mass is 31.2. The quantitative estimate of drug-likeness (QED) is 0.0268. The molecule has 0 fully saturated rings. The minimum Gasteiger partial charge on any atom is -0.457 e. The summed E-state index contributed by atoms with van der Waals surface area (Å²) in [4.78, 5) is 22.6. The smallest absolute Gasteiger partial charge is 0.457 e. The van der Waals surface area contributed by atoms with Crippen molar-refractivity contribution in [2.24, 2.45) is 5.73 Å². The Hall–Kier alpha value is -1.54. The van der Waals surface area contributed by atoms with Gasteiger partial charge < -0.3 is 20.1 Å². The molecule has 0 radical (unpaired) electrons. The van der Waals surface area contributed by atoms with E-state index in [-0.39, 0.29) is 32.3 Å². The van der Waals surface area contributed by atoms with E-state index in [0.717, 1.165) is 57.8 Å². The lowest BCUT2D eigenvalue weighted by molar-refractivity contribution is -0.154. The second-order valence-electron chi connectivity index (χ2n) is 17.7. The molecule has 0 aromatic heterocycles. The molecule has 2 unspecified atom stereocenters. The number of nitrogens with two attached hydrogens (primary N) is 1. The predicted molar refractivity (Wildman–Crippen MR) is 270 cm³/mol. The molecule has 63 heavy (non-hydrogen) atoms. The van der Waals surface area contributed by atoms with E-state index in [0.29, 0.717) is 13.0 Å². The summed E-state index contributed by atoms with van der Waals surface area (Å²) in [6.07, 6.45) is 62.9. The van der Waals surface area contributed by atoms with E-state index in [2.05, 4.69) is 62.5 Å². The summed E-state index contributed by atoms with van der Waals surface area (Å²) in [5.41, 5.74) is 5.39. The molecule has 0 aromatic carbocycles. The highest BCUT2D eigenvalue weighted by Crippen LogP contribution is 2.43. The molecular weight excluding hydrogens is 806 g/mol. The van der Waals surface area contributed by atoms with Gasteiger partial charge in [-0.1, -0.05) is 242 Å². The van der Waals surface area contributed by atoms with E-state index >= 15 is 0 Å². The fourth-order valence-corrected chi connectivity index (χ4v) is 8.40. The van der Waals surface area contributed by atoms with Crippen molar-refractivity contribution in [2.75, 3.05) is 33.0 Å². The fraction of sp³-hybridized carbons (Fsp3) is 0.833. The first kappa shape index (κ1) is 61.5. The number of ether oxygens (including phenoxy) is 2. The molecule has 9 heteroatoms. The number of carbonyl (C=O) groups excluding carboxylic acids is 1. The molecule has 0 bridgehead atoms. The summed E-state index contributed by atoms with van der Waals surface area (Å²) >= 11 is 0. The molecule has 8 nitrogen and oxygen atoms in total. The molecule has 0 heterocycles. The van der Waals surface area contributed by atoms with Crippen LogP contribution in [0, 0.1) is 0 Å². The van der Waals surface area contributed by atoms with Crippen LogP contribution in [-0.2, 0) is 27.9 Å². The van der Waals surface area contributed by atoms with Crippen molar-refractivity contribution < 1.29 is 32.8 Å². The van der Waals surface area contributed by atoms with Crippen molar-refractivity contribution in [1.82, 2.24) is 0 Å². The molecule has 2 atom stereocenters. The number of phosphoric ester groups is 1. The zero-order valence-corrected chi connectivity index (χ0v) is 42.2. The summed E-state index contributed by atoms with van der Waals surface area (Å²) in [5.74, 6) is -0.331. The minimum atomic E-state index is -4.28. The molecular formula is C54H102NO7P. The highest BCUT2D eigenvalue weighted by molar-refractivity contribution is 7.47. The van der Waals surface area contributed by atoms with Gasteiger partial charge in [-0.3, -0.25) is 13.8 Å². The van der Waals surface area contributed by atoms with Crippen LogP contribution in [0.5, 0.6) is 0 Å². The average Bonchev–Trinajstić information content (AvgIpc) is 3.28. The molecule has 0 aliphatic heterocycles. The van der Waals surface area contributed by atoms with Crippen molar-refractivity contribution in [1.29, 1.82) is 0 Å². The number of hydrogen-bond acceptors (Lipinski definition) is 7. The van der Waals surface area contributed by atoms with E-state index in [1.807, 2.05) is 0 Å². The van der Waals surface area contributed by atoms with Crippen molar-refractivity contribution in [3.05, 3.63) is 48.6 Å². The maximum Gasteiger partial charge on any atom is 0.472 e. The van der Waals surface area contributed by atoms with Crippen LogP contribution in [0.3, 0.4) is 0 Å². The van der Waals surface area contributed by atoms with E-state index < -0.39 is 13.9 Å². The monoisotopic (exact) mass is 908 g/mol. The summed E-state index contributed by atoms with van der Waals surface area (Å²) in [6.45, 7) is 4.85. The first-order valence-electron chi connectivity index (χ1n) is 26.6. The number of esters is 1. The van der Waals surface area contributed by atoms with Crippen molar-refractivity contribution in [3.63, 3.8) is 0 Å². The molecule has 0 aliphatic rings. The molecule has 0 saturated carbocycles. The highest BCUT2D eigenvalue weighted by Gasteiger charge is 2.25. The number of hydrogen-bond donors (Lipinski definition) is 2. The van der Waals surface area contributed by atoms with Crippen molar-refractivity contribution >= 4 is 13.8 Å². The Morgan fingerprint density at radius 1 is 0.492 bits per heavy atom. The summed E-state index contributed by atoms with van der Waals surface area (Å²) < 4.78 is 33.6. The van der Waals surface area contributed by atoms with Gasteiger partial charge in [0.25, 0.3) is 0 Å². The van der Waals surface area contributed by atoms with Gasteiger partial charge in [-0.2, -0.15) is 0 Å². The third-order valence-corrected chi connectivity index (χ3v) is 12.5. The second kappa shape index (κ2) is 51.4. The van der Waals surface area contributed by atoms with Gasteiger partial charge in [0.15, 0.2) is 0 Å². The zero-order valence-electron chi connectivity index (χ0n) is 41.3. The number of unbranched alkanes of at least 4 members (excludes halogenated alkanes) is 30. The van der Waals surface area contributed by atoms with Crippen LogP contribution in [-0.4, -0.2) is 49.9 Å².